The van der Waals surface area contributed by atoms with Crippen LogP contribution in [0, 0.1) is 22.3 Å². The van der Waals surface area contributed by atoms with Crippen LogP contribution in [0.15, 0.2) is 0 Å². The van der Waals surface area contributed by atoms with E-state index < -0.39 is 0 Å². The molecule has 2 aliphatic heterocycles. The maximum atomic E-state index is 8.94. The normalized spacial score (nSPS) is 43.4. The van der Waals surface area contributed by atoms with Gasteiger partial charge in [-0.15, -0.1) is 0 Å². The van der Waals surface area contributed by atoms with Gasteiger partial charge in [0.15, 0.2) is 6.19 Å². The lowest BCUT2D eigenvalue weighted by Gasteiger charge is -2.47. The second-order valence-electron chi connectivity index (χ2n) is 5.57. The molecule has 2 aliphatic rings. The minimum Gasteiger partial charge on any atom is -0.310 e. The van der Waals surface area contributed by atoms with Gasteiger partial charge in [0, 0.05) is 31.6 Å². The van der Waals surface area contributed by atoms with E-state index in [1.54, 1.807) is 0 Å². The van der Waals surface area contributed by atoms with Crippen molar-refractivity contribution in [3.05, 3.63) is 0 Å². The number of nitriles is 1. The fourth-order valence-electron chi connectivity index (χ4n) is 3.22. The molecule has 3 heteroatoms. The summed E-state index contributed by atoms with van der Waals surface area (Å²) < 4.78 is 0. The van der Waals surface area contributed by atoms with E-state index >= 15 is 0 Å². The Morgan fingerprint density at radius 3 is 2.43 bits per heavy atom. The summed E-state index contributed by atoms with van der Waals surface area (Å²) >= 11 is 0. The lowest BCUT2D eigenvalue weighted by atomic mass is 9.64. The topological polar surface area (TPSA) is 30.3 Å². The zero-order valence-corrected chi connectivity index (χ0v) is 9.38. The fourth-order valence-corrected chi connectivity index (χ4v) is 3.22. The third kappa shape index (κ3) is 1.21. The Labute approximate surface area is 86.3 Å². The van der Waals surface area contributed by atoms with Crippen LogP contribution < -0.4 is 0 Å². The minimum atomic E-state index is 0.301. The van der Waals surface area contributed by atoms with Gasteiger partial charge in [0.05, 0.1) is 0 Å². The zero-order valence-electron chi connectivity index (χ0n) is 9.38. The maximum absolute atomic E-state index is 8.94. The van der Waals surface area contributed by atoms with Crippen molar-refractivity contribution in [1.82, 2.24) is 9.80 Å². The van der Waals surface area contributed by atoms with E-state index in [9.17, 15) is 0 Å². The van der Waals surface area contributed by atoms with Gasteiger partial charge in [0.1, 0.15) is 0 Å². The summed E-state index contributed by atoms with van der Waals surface area (Å²) in [6.45, 7) is 8.90. The van der Waals surface area contributed by atoms with Crippen LogP contribution >= 0.6 is 0 Å². The lowest BCUT2D eigenvalue weighted by Crippen LogP contribution is -2.50. The van der Waals surface area contributed by atoms with Crippen LogP contribution in [-0.4, -0.2) is 43.0 Å². The van der Waals surface area contributed by atoms with Gasteiger partial charge in [-0.25, -0.2) is 0 Å². The highest BCUT2D eigenvalue weighted by molar-refractivity contribution is 5.07. The number of fused-ring (bicyclic) bond motifs is 1. The molecular formula is C11H19N3. The van der Waals surface area contributed by atoms with Crippen LogP contribution in [0.5, 0.6) is 0 Å². The molecule has 2 atom stereocenters. The summed E-state index contributed by atoms with van der Waals surface area (Å²) in [5.41, 5.74) is 0.713. The molecule has 0 radical (unpaired) electrons. The van der Waals surface area contributed by atoms with Crippen LogP contribution in [0.25, 0.3) is 0 Å². The van der Waals surface area contributed by atoms with Gasteiger partial charge in [-0.3, -0.25) is 0 Å². The molecule has 0 aromatic rings. The van der Waals surface area contributed by atoms with Crippen molar-refractivity contribution >= 4 is 0 Å². The molecule has 0 N–H and O–H groups in total. The Morgan fingerprint density at radius 1 is 1.14 bits per heavy atom. The summed E-state index contributed by atoms with van der Waals surface area (Å²) in [4.78, 5) is 4.32. The molecule has 0 saturated carbocycles. The number of rotatable bonds is 0. The average Bonchev–Trinajstić information content (AvgIpc) is 2.33. The second-order valence-corrected chi connectivity index (χ2v) is 5.57. The SMILES string of the molecule is CN1CC2(C)CCN(C#N)CC2(C)C1. The molecule has 0 aromatic carbocycles. The first-order valence-corrected chi connectivity index (χ1v) is 5.32. The monoisotopic (exact) mass is 193 g/mol. The number of hydrogen-bond acceptors (Lipinski definition) is 3. The molecule has 78 valence electrons. The molecule has 3 nitrogen and oxygen atoms in total. The molecule has 2 unspecified atom stereocenters. The highest BCUT2D eigenvalue weighted by Gasteiger charge is 2.53. The summed E-state index contributed by atoms with van der Waals surface area (Å²) in [5, 5.41) is 8.94. The van der Waals surface area contributed by atoms with E-state index in [4.69, 9.17) is 5.26 Å². The van der Waals surface area contributed by atoms with Crippen molar-refractivity contribution in [3.8, 4) is 6.19 Å². The Kier molecular flexibility index (Phi) is 2.01. The van der Waals surface area contributed by atoms with E-state index in [2.05, 4.69) is 32.0 Å². The summed E-state index contributed by atoms with van der Waals surface area (Å²) in [6, 6.07) is 0. The zero-order chi connectivity index (χ0) is 10.4. The molecular weight excluding hydrogens is 174 g/mol. The summed E-state index contributed by atoms with van der Waals surface area (Å²) in [5.74, 6) is 0. The molecule has 0 aliphatic carbocycles. The summed E-state index contributed by atoms with van der Waals surface area (Å²) in [6.07, 6.45) is 3.44. The van der Waals surface area contributed by atoms with Gasteiger partial charge in [-0.1, -0.05) is 13.8 Å². The van der Waals surface area contributed by atoms with E-state index in [1.165, 1.54) is 6.54 Å². The number of nitrogens with zero attached hydrogens (tertiary/aromatic N) is 3. The van der Waals surface area contributed by atoms with Gasteiger partial charge in [-0.2, -0.15) is 5.26 Å². The van der Waals surface area contributed by atoms with Crippen molar-refractivity contribution in [1.29, 1.82) is 5.26 Å². The van der Waals surface area contributed by atoms with E-state index in [0.29, 0.717) is 10.8 Å². The largest absolute Gasteiger partial charge is 0.310 e. The van der Waals surface area contributed by atoms with Crippen LogP contribution in [-0.2, 0) is 0 Å². The minimum absolute atomic E-state index is 0.301. The maximum Gasteiger partial charge on any atom is 0.179 e. The Balaban J connectivity index is 2.23. The number of hydrogen-bond donors (Lipinski definition) is 0. The van der Waals surface area contributed by atoms with Gasteiger partial charge in [0.25, 0.3) is 0 Å². The van der Waals surface area contributed by atoms with E-state index in [1.807, 2.05) is 4.90 Å². The van der Waals surface area contributed by atoms with Crippen molar-refractivity contribution < 1.29 is 0 Å². The molecule has 2 saturated heterocycles. The molecule has 0 bridgehead atoms. The molecule has 0 aromatic heterocycles. The Hall–Kier alpha value is -0.750. The van der Waals surface area contributed by atoms with Gasteiger partial charge in [-0.05, 0) is 18.9 Å². The third-order valence-corrected chi connectivity index (χ3v) is 4.31. The first kappa shape index (κ1) is 9.79. The van der Waals surface area contributed by atoms with Crippen molar-refractivity contribution in [3.63, 3.8) is 0 Å². The highest BCUT2D eigenvalue weighted by atomic mass is 15.2. The number of likely N-dealkylation sites (tertiary alicyclic amines) is 2. The molecule has 2 rings (SSSR count). The first-order chi connectivity index (χ1) is 6.49. The molecule has 2 fully saturated rings. The highest BCUT2D eigenvalue weighted by Crippen LogP contribution is 2.50. The summed E-state index contributed by atoms with van der Waals surface area (Å²) in [7, 11) is 2.19. The predicted octanol–water partition coefficient (Wildman–Crippen LogP) is 1.13. The van der Waals surface area contributed by atoms with Crippen molar-refractivity contribution in [2.45, 2.75) is 20.3 Å². The van der Waals surface area contributed by atoms with Crippen LogP contribution in [0.2, 0.25) is 0 Å². The van der Waals surface area contributed by atoms with Crippen molar-refractivity contribution in [2.24, 2.45) is 10.8 Å². The van der Waals surface area contributed by atoms with E-state index in [-0.39, 0.29) is 0 Å². The average molecular weight is 193 g/mol. The lowest BCUT2D eigenvalue weighted by molar-refractivity contribution is 0.0367. The van der Waals surface area contributed by atoms with Gasteiger partial charge >= 0.3 is 0 Å². The van der Waals surface area contributed by atoms with E-state index in [0.717, 1.165) is 26.1 Å². The third-order valence-electron chi connectivity index (χ3n) is 4.31. The fraction of sp³-hybridized carbons (Fsp3) is 0.909. The molecule has 0 amide bonds. The van der Waals surface area contributed by atoms with Gasteiger partial charge in [0.2, 0.25) is 0 Å². The second kappa shape index (κ2) is 2.87. The Morgan fingerprint density at radius 2 is 1.79 bits per heavy atom. The van der Waals surface area contributed by atoms with Crippen molar-refractivity contribution in [2.75, 3.05) is 33.2 Å². The van der Waals surface area contributed by atoms with Gasteiger partial charge < -0.3 is 9.80 Å². The predicted molar refractivity (Wildman–Crippen MR) is 55.5 cm³/mol. The first-order valence-electron chi connectivity index (χ1n) is 5.32. The molecule has 2 heterocycles. The number of piperidine rings is 1. The smallest absolute Gasteiger partial charge is 0.179 e. The molecule has 0 spiro atoms. The quantitative estimate of drug-likeness (QED) is 0.540. The van der Waals surface area contributed by atoms with Crippen LogP contribution in [0.4, 0.5) is 0 Å². The Bertz CT molecular complexity index is 283. The van der Waals surface area contributed by atoms with Crippen LogP contribution in [0.3, 0.4) is 0 Å². The molecule has 14 heavy (non-hydrogen) atoms. The standard InChI is InChI=1S/C11H19N3/c1-10-4-5-14(9-12)8-11(10,2)7-13(3)6-10/h4-8H2,1-3H3. The van der Waals surface area contributed by atoms with Crippen LogP contribution in [0.1, 0.15) is 20.3 Å².